The maximum Gasteiger partial charge on any atom is 0.286 e. The van der Waals surface area contributed by atoms with Crippen LogP contribution in [0, 0.1) is 0 Å². The second-order valence-corrected chi connectivity index (χ2v) is 4.74. The van der Waals surface area contributed by atoms with Crippen molar-refractivity contribution in [2.75, 3.05) is 6.54 Å². The molecule has 0 atom stereocenters. The summed E-state index contributed by atoms with van der Waals surface area (Å²) in [6.45, 7) is 0.466. The van der Waals surface area contributed by atoms with E-state index in [0.29, 0.717) is 0 Å². The van der Waals surface area contributed by atoms with Gasteiger partial charge in [-0.1, -0.05) is 24.3 Å². The first kappa shape index (κ1) is 16.3. The first-order valence-corrected chi connectivity index (χ1v) is 6.95. The first-order chi connectivity index (χ1) is 11.1. The number of carboxylic acids is 1. The molecular weight excluding hydrogens is 300 g/mol. The number of carboxylic acid groups (broad SMARTS) is 1. The van der Waals surface area contributed by atoms with E-state index in [1.807, 2.05) is 0 Å². The van der Waals surface area contributed by atoms with Crippen molar-refractivity contribution in [3.63, 3.8) is 0 Å². The van der Waals surface area contributed by atoms with E-state index in [2.05, 4.69) is 10.6 Å². The molecule has 0 unspecified atom stereocenters. The molecule has 0 radical (unpaired) electrons. The van der Waals surface area contributed by atoms with Crippen LogP contribution in [0.15, 0.2) is 47.1 Å². The molecule has 0 aliphatic carbocycles. The molecule has 120 valence electrons. The van der Waals surface area contributed by atoms with Gasteiger partial charge in [-0.15, -0.1) is 0 Å². The van der Waals surface area contributed by atoms with Crippen molar-refractivity contribution in [3.05, 3.63) is 59.5 Å². The van der Waals surface area contributed by atoms with Gasteiger partial charge in [0, 0.05) is 19.5 Å². The fourth-order valence-corrected chi connectivity index (χ4v) is 1.83. The topological polar surface area (TPSA) is 111 Å². The van der Waals surface area contributed by atoms with Crippen LogP contribution in [-0.2, 0) is 11.3 Å². The monoisotopic (exact) mass is 315 g/mol. The summed E-state index contributed by atoms with van der Waals surface area (Å²) in [5.41, 5.74) is 0.851. The Balaban J connectivity index is 1.68. The Morgan fingerprint density at radius 2 is 1.78 bits per heavy atom. The van der Waals surface area contributed by atoms with Gasteiger partial charge >= 0.3 is 0 Å². The number of hydrogen-bond donors (Lipinski definition) is 2. The summed E-state index contributed by atoms with van der Waals surface area (Å²) in [7, 11) is 0. The van der Waals surface area contributed by atoms with Gasteiger partial charge in [-0.25, -0.2) is 0 Å². The zero-order chi connectivity index (χ0) is 16.7. The van der Waals surface area contributed by atoms with Crippen molar-refractivity contribution < 1.29 is 23.9 Å². The second kappa shape index (κ2) is 7.79. The molecule has 0 fully saturated rings. The Kier molecular flexibility index (Phi) is 5.51. The molecule has 0 bridgehead atoms. The smallest absolute Gasteiger partial charge is 0.286 e. The molecule has 7 nitrogen and oxygen atoms in total. The summed E-state index contributed by atoms with van der Waals surface area (Å²) >= 11 is 0. The highest BCUT2D eigenvalue weighted by atomic mass is 16.4. The number of furan rings is 1. The number of nitrogens with one attached hydrogen (secondary N) is 2. The molecule has 2 rings (SSSR count). The molecule has 0 aliphatic rings. The Labute approximate surface area is 132 Å². The largest absolute Gasteiger partial charge is 0.545 e. The van der Waals surface area contributed by atoms with Gasteiger partial charge in [0.25, 0.3) is 5.91 Å². The SMILES string of the molecule is O=C(CCNC(=O)c1ccco1)NCc1ccc(C(=O)[O-])cc1. The molecule has 1 aromatic carbocycles. The number of benzene rings is 1. The van der Waals surface area contributed by atoms with Gasteiger partial charge in [0.15, 0.2) is 5.76 Å². The Morgan fingerprint density at radius 3 is 2.39 bits per heavy atom. The van der Waals surface area contributed by atoms with Gasteiger partial charge in [0.05, 0.1) is 12.2 Å². The lowest BCUT2D eigenvalue weighted by Gasteiger charge is -2.07. The number of rotatable bonds is 7. The van der Waals surface area contributed by atoms with Gasteiger partial charge in [0.1, 0.15) is 0 Å². The summed E-state index contributed by atoms with van der Waals surface area (Å²) in [4.78, 5) is 33.8. The van der Waals surface area contributed by atoms with E-state index < -0.39 is 5.97 Å². The maximum atomic E-state index is 11.7. The van der Waals surface area contributed by atoms with Crippen LogP contribution < -0.4 is 15.7 Å². The predicted octanol–water partition coefficient (Wildman–Crippen LogP) is 0.0794. The van der Waals surface area contributed by atoms with Crippen molar-refractivity contribution in [1.29, 1.82) is 0 Å². The quantitative estimate of drug-likeness (QED) is 0.751. The zero-order valence-corrected chi connectivity index (χ0v) is 12.2. The molecule has 2 amide bonds. The third kappa shape index (κ3) is 4.99. The average Bonchev–Trinajstić information content (AvgIpc) is 3.07. The maximum absolute atomic E-state index is 11.7. The number of carbonyl (C=O) groups excluding carboxylic acids is 3. The molecule has 1 heterocycles. The minimum atomic E-state index is -1.24. The van der Waals surface area contributed by atoms with Crippen LogP contribution in [0.25, 0.3) is 0 Å². The van der Waals surface area contributed by atoms with Crippen LogP contribution in [-0.4, -0.2) is 24.3 Å². The summed E-state index contributed by atoms with van der Waals surface area (Å²) in [5.74, 6) is -1.65. The van der Waals surface area contributed by atoms with Gasteiger partial charge in [-0.3, -0.25) is 9.59 Å². The van der Waals surface area contributed by atoms with Crippen LogP contribution in [0.1, 0.15) is 32.9 Å². The molecule has 0 spiro atoms. The normalized spacial score (nSPS) is 10.1. The molecule has 0 saturated carbocycles. The molecule has 1 aromatic heterocycles. The summed E-state index contributed by atoms with van der Waals surface area (Å²) in [6.07, 6.45) is 1.52. The van der Waals surface area contributed by atoms with Crippen LogP contribution in [0.5, 0.6) is 0 Å². The first-order valence-electron chi connectivity index (χ1n) is 6.95. The molecular formula is C16H15N2O5-. The van der Waals surface area contributed by atoms with Crippen LogP contribution in [0.3, 0.4) is 0 Å². The molecule has 2 aromatic rings. The molecule has 0 aliphatic heterocycles. The summed E-state index contributed by atoms with van der Waals surface area (Å²) < 4.78 is 4.93. The minimum absolute atomic E-state index is 0.0840. The van der Waals surface area contributed by atoms with E-state index in [0.717, 1.165) is 5.56 Å². The van der Waals surface area contributed by atoms with Crippen molar-refractivity contribution in [2.45, 2.75) is 13.0 Å². The van der Waals surface area contributed by atoms with Crippen molar-refractivity contribution in [3.8, 4) is 0 Å². The van der Waals surface area contributed by atoms with Crippen molar-refractivity contribution in [1.82, 2.24) is 10.6 Å². The van der Waals surface area contributed by atoms with E-state index >= 15 is 0 Å². The average molecular weight is 315 g/mol. The highest BCUT2D eigenvalue weighted by Crippen LogP contribution is 2.03. The third-order valence-corrected chi connectivity index (χ3v) is 3.06. The lowest BCUT2D eigenvalue weighted by molar-refractivity contribution is -0.255. The van der Waals surface area contributed by atoms with E-state index in [9.17, 15) is 19.5 Å². The van der Waals surface area contributed by atoms with Gasteiger partial charge in [-0.05, 0) is 23.3 Å². The fraction of sp³-hybridized carbons (Fsp3) is 0.188. The Hall–Kier alpha value is -3.09. The highest BCUT2D eigenvalue weighted by molar-refractivity contribution is 5.91. The Bertz CT molecular complexity index is 677. The van der Waals surface area contributed by atoms with Crippen molar-refractivity contribution >= 4 is 17.8 Å². The van der Waals surface area contributed by atoms with E-state index in [1.165, 1.54) is 24.5 Å². The molecule has 0 saturated heterocycles. The van der Waals surface area contributed by atoms with Gasteiger partial charge < -0.3 is 25.0 Å². The van der Waals surface area contributed by atoms with Crippen molar-refractivity contribution in [2.24, 2.45) is 0 Å². The lowest BCUT2D eigenvalue weighted by atomic mass is 10.1. The molecule has 23 heavy (non-hydrogen) atoms. The summed E-state index contributed by atoms with van der Waals surface area (Å²) in [6, 6.07) is 9.17. The fourth-order valence-electron chi connectivity index (χ4n) is 1.83. The lowest BCUT2D eigenvalue weighted by Crippen LogP contribution is -2.30. The van der Waals surface area contributed by atoms with Crippen LogP contribution >= 0.6 is 0 Å². The number of aromatic carboxylic acids is 1. The van der Waals surface area contributed by atoms with Gasteiger partial charge in [-0.2, -0.15) is 0 Å². The predicted molar refractivity (Wildman–Crippen MR) is 78.3 cm³/mol. The van der Waals surface area contributed by atoms with Gasteiger partial charge in [0.2, 0.25) is 5.91 Å². The Morgan fingerprint density at radius 1 is 1.04 bits per heavy atom. The third-order valence-electron chi connectivity index (χ3n) is 3.06. The number of amides is 2. The van der Waals surface area contributed by atoms with Crippen LogP contribution in [0.4, 0.5) is 0 Å². The minimum Gasteiger partial charge on any atom is -0.545 e. The van der Waals surface area contributed by atoms with Crippen LogP contribution in [0.2, 0.25) is 0 Å². The van der Waals surface area contributed by atoms with E-state index in [1.54, 1.807) is 18.2 Å². The number of hydrogen-bond acceptors (Lipinski definition) is 5. The molecule has 7 heteroatoms. The second-order valence-electron chi connectivity index (χ2n) is 4.74. The highest BCUT2D eigenvalue weighted by Gasteiger charge is 2.08. The zero-order valence-electron chi connectivity index (χ0n) is 12.2. The molecule has 2 N–H and O–H groups in total. The van der Waals surface area contributed by atoms with E-state index in [4.69, 9.17) is 4.42 Å². The number of carbonyl (C=O) groups is 3. The van der Waals surface area contributed by atoms with E-state index in [-0.39, 0.29) is 42.6 Å². The summed E-state index contributed by atoms with van der Waals surface area (Å²) in [5, 5.41) is 15.9. The standard InChI is InChI=1S/C16H16N2O5/c19-14(7-8-17-15(20)13-2-1-9-23-13)18-10-11-3-5-12(6-4-11)16(21)22/h1-6,9H,7-8,10H2,(H,17,20)(H,18,19)(H,21,22)/p-1.